The Balaban J connectivity index is 2.12. The number of carbonyl (C=O) groups excluding carboxylic acids is 3. The quantitative estimate of drug-likeness (QED) is 0.362. The summed E-state index contributed by atoms with van der Waals surface area (Å²) < 4.78 is 4.68. The third-order valence-electron chi connectivity index (χ3n) is 4.66. The molecule has 0 spiro atoms. The van der Waals surface area contributed by atoms with Gasteiger partial charge in [0.05, 0.1) is 7.11 Å². The number of carbonyl (C=O) groups is 3. The lowest BCUT2D eigenvalue weighted by molar-refractivity contribution is -0.150. The monoisotopic (exact) mass is 420 g/mol. The Kier molecular flexibility index (Phi) is 8.91. The van der Waals surface area contributed by atoms with Gasteiger partial charge in [0.15, 0.2) is 17.5 Å². The Morgan fingerprint density at radius 2 is 1.39 bits per heavy atom. The molecule has 0 aliphatic heterocycles. The number of anilines is 1. The molecule has 6 heteroatoms. The second-order valence-electron chi connectivity index (χ2n) is 7.19. The number of rotatable bonds is 10. The minimum absolute atomic E-state index is 0.622. The van der Waals surface area contributed by atoms with Gasteiger partial charge in [0.1, 0.15) is 0 Å². The lowest BCUT2D eigenvalue weighted by Crippen LogP contribution is -2.30. The van der Waals surface area contributed by atoms with E-state index in [1.807, 2.05) is 74.6 Å². The van der Waals surface area contributed by atoms with Crippen LogP contribution in [-0.2, 0) is 25.7 Å². The van der Waals surface area contributed by atoms with E-state index in [1.54, 1.807) is 12.2 Å². The molecule has 31 heavy (non-hydrogen) atoms. The third kappa shape index (κ3) is 7.04. The summed E-state index contributed by atoms with van der Waals surface area (Å²) in [5.74, 6) is -3.65. The van der Waals surface area contributed by atoms with Gasteiger partial charge < -0.3 is 15.0 Å². The van der Waals surface area contributed by atoms with Crippen molar-refractivity contribution in [2.75, 3.05) is 33.2 Å². The molecule has 0 amide bonds. The number of ketones is 2. The molecule has 2 aromatic rings. The highest BCUT2D eigenvalue weighted by Gasteiger charge is 2.31. The topological polar surface area (TPSA) is 75.7 Å². The Hall–Kier alpha value is -3.51. The van der Waals surface area contributed by atoms with Crippen LogP contribution >= 0.6 is 0 Å². The molecule has 0 saturated heterocycles. The predicted molar refractivity (Wildman–Crippen MR) is 124 cm³/mol. The maximum absolute atomic E-state index is 12.6. The molecule has 0 aliphatic rings. The van der Waals surface area contributed by atoms with Crippen molar-refractivity contribution >= 4 is 35.4 Å². The first-order valence-electron chi connectivity index (χ1n) is 9.88. The molecule has 0 aromatic heterocycles. The fourth-order valence-electron chi connectivity index (χ4n) is 2.87. The van der Waals surface area contributed by atoms with E-state index in [4.69, 9.17) is 0 Å². The van der Waals surface area contributed by atoms with Crippen LogP contribution in [0.4, 0.5) is 5.69 Å². The molecule has 0 radical (unpaired) electrons. The number of nitrogens with one attached hydrogen (secondary N) is 1. The summed E-state index contributed by atoms with van der Waals surface area (Å²) in [6.45, 7) is 0.742. The van der Waals surface area contributed by atoms with Crippen molar-refractivity contribution in [3.05, 3.63) is 77.4 Å². The van der Waals surface area contributed by atoms with E-state index in [2.05, 4.69) is 10.1 Å². The first-order chi connectivity index (χ1) is 14.8. The summed E-state index contributed by atoms with van der Waals surface area (Å²) in [6, 6.07) is 15.1. The van der Waals surface area contributed by atoms with Crippen LogP contribution in [0.2, 0.25) is 0 Å². The summed E-state index contributed by atoms with van der Waals surface area (Å²) in [7, 11) is 6.89. The van der Waals surface area contributed by atoms with Crippen LogP contribution < -0.4 is 10.2 Å². The Morgan fingerprint density at radius 1 is 0.903 bits per heavy atom. The van der Waals surface area contributed by atoms with E-state index in [1.165, 1.54) is 12.2 Å². The highest BCUT2D eigenvalue weighted by atomic mass is 16.5. The highest BCUT2D eigenvalue weighted by molar-refractivity contribution is 6.24. The van der Waals surface area contributed by atoms with E-state index in [-0.39, 0.29) is 0 Å². The van der Waals surface area contributed by atoms with Crippen LogP contribution in [0, 0.1) is 5.92 Å². The molecular formula is C25H28N2O4. The van der Waals surface area contributed by atoms with E-state index in [0.717, 1.165) is 36.0 Å². The van der Waals surface area contributed by atoms with E-state index in [9.17, 15) is 14.4 Å². The zero-order valence-corrected chi connectivity index (χ0v) is 18.3. The van der Waals surface area contributed by atoms with Crippen molar-refractivity contribution in [3.8, 4) is 0 Å². The maximum Gasteiger partial charge on any atom is 0.324 e. The number of nitrogens with zero attached hydrogens (tertiary/aromatic N) is 1. The molecule has 1 atom stereocenters. The number of esters is 1. The average Bonchev–Trinajstić information content (AvgIpc) is 2.77. The standard InChI is InChI=1S/C25H28N2O4/c1-26-17-20-7-5-18(6-8-20)11-15-22(28)24(25(30)31-4)23(29)16-12-19-9-13-21(14-10-19)27(2)3/h5-16,24,26H,17H2,1-4H3/b15-11+,16-12+. The van der Waals surface area contributed by atoms with Gasteiger partial charge in [0.2, 0.25) is 0 Å². The first-order valence-corrected chi connectivity index (χ1v) is 9.88. The smallest absolute Gasteiger partial charge is 0.324 e. The summed E-state index contributed by atoms with van der Waals surface area (Å²) in [5, 5.41) is 3.06. The molecule has 0 saturated carbocycles. The zero-order valence-electron chi connectivity index (χ0n) is 18.3. The van der Waals surface area contributed by atoms with Gasteiger partial charge in [-0.2, -0.15) is 0 Å². The van der Waals surface area contributed by atoms with Crippen molar-refractivity contribution in [2.45, 2.75) is 6.54 Å². The summed E-state index contributed by atoms with van der Waals surface area (Å²) in [6.07, 6.45) is 5.64. The number of benzene rings is 2. The Labute approximate surface area is 183 Å². The molecule has 162 valence electrons. The molecule has 0 bridgehead atoms. The van der Waals surface area contributed by atoms with Crippen molar-refractivity contribution < 1.29 is 19.1 Å². The number of hydrogen-bond acceptors (Lipinski definition) is 6. The van der Waals surface area contributed by atoms with Crippen molar-refractivity contribution in [3.63, 3.8) is 0 Å². The minimum Gasteiger partial charge on any atom is -0.468 e. The lowest BCUT2D eigenvalue weighted by Gasteiger charge is -2.11. The number of allylic oxidation sites excluding steroid dienone is 2. The van der Waals surface area contributed by atoms with Crippen LogP contribution in [0.15, 0.2) is 60.7 Å². The van der Waals surface area contributed by atoms with Gasteiger partial charge in [-0.15, -0.1) is 0 Å². The molecule has 0 fully saturated rings. The lowest BCUT2D eigenvalue weighted by atomic mass is 9.97. The van der Waals surface area contributed by atoms with E-state index in [0.29, 0.717) is 0 Å². The fraction of sp³-hybridized carbons (Fsp3) is 0.240. The van der Waals surface area contributed by atoms with Crippen LogP contribution in [0.25, 0.3) is 12.2 Å². The molecule has 0 aliphatic carbocycles. The third-order valence-corrected chi connectivity index (χ3v) is 4.66. The van der Waals surface area contributed by atoms with Gasteiger partial charge >= 0.3 is 5.97 Å². The van der Waals surface area contributed by atoms with Crippen LogP contribution in [0.5, 0.6) is 0 Å². The molecule has 2 aromatic carbocycles. The Morgan fingerprint density at radius 3 is 1.81 bits per heavy atom. The van der Waals surface area contributed by atoms with Gasteiger partial charge in [-0.3, -0.25) is 14.4 Å². The van der Waals surface area contributed by atoms with Gasteiger partial charge in [0, 0.05) is 26.3 Å². The zero-order chi connectivity index (χ0) is 22.8. The number of methoxy groups -OCH3 is 1. The molecule has 0 heterocycles. The summed E-state index contributed by atoms with van der Waals surface area (Å²) in [4.78, 5) is 39.3. The molecule has 2 rings (SSSR count). The molecule has 6 nitrogen and oxygen atoms in total. The second kappa shape index (κ2) is 11.6. The van der Waals surface area contributed by atoms with E-state index >= 15 is 0 Å². The molecular weight excluding hydrogens is 392 g/mol. The number of ether oxygens (including phenoxy) is 1. The van der Waals surface area contributed by atoms with Crippen molar-refractivity contribution in [1.29, 1.82) is 0 Å². The number of hydrogen-bond donors (Lipinski definition) is 1. The normalized spacial score (nSPS) is 12.1. The highest BCUT2D eigenvalue weighted by Crippen LogP contribution is 2.15. The van der Waals surface area contributed by atoms with Crippen molar-refractivity contribution in [1.82, 2.24) is 5.32 Å². The van der Waals surface area contributed by atoms with Crippen LogP contribution in [0.1, 0.15) is 16.7 Å². The predicted octanol–water partition coefficient (Wildman–Crippen LogP) is 3.13. The van der Waals surface area contributed by atoms with Gasteiger partial charge in [-0.25, -0.2) is 0 Å². The first kappa shape index (κ1) is 23.8. The summed E-state index contributed by atoms with van der Waals surface area (Å²) >= 11 is 0. The van der Waals surface area contributed by atoms with E-state index < -0.39 is 23.5 Å². The van der Waals surface area contributed by atoms with Crippen LogP contribution in [0.3, 0.4) is 0 Å². The largest absolute Gasteiger partial charge is 0.468 e. The van der Waals surface area contributed by atoms with Gasteiger partial charge in [0.25, 0.3) is 0 Å². The van der Waals surface area contributed by atoms with Crippen molar-refractivity contribution in [2.24, 2.45) is 5.92 Å². The molecule has 1 unspecified atom stereocenters. The maximum atomic E-state index is 12.6. The second-order valence-corrected chi connectivity index (χ2v) is 7.19. The van der Waals surface area contributed by atoms with Gasteiger partial charge in [-0.05, 0) is 48.0 Å². The molecule has 1 N–H and O–H groups in total. The minimum atomic E-state index is -1.53. The average molecular weight is 421 g/mol. The SMILES string of the molecule is CNCc1ccc(/C=C/C(=O)C(C(=O)/C=C/c2ccc(N(C)C)cc2)C(=O)OC)cc1. The fourth-order valence-corrected chi connectivity index (χ4v) is 2.87. The van der Waals surface area contributed by atoms with Crippen LogP contribution in [-0.4, -0.2) is 45.8 Å². The summed E-state index contributed by atoms with van der Waals surface area (Å²) in [5.41, 5.74) is 3.71. The Bertz CT molecular complexity index is 958. The van der Waals surface area contributed by atoms with Gasteiger partial charge in [-0.1, -0.05) is 48.6 Å².